The molecule has 322 valence electrons. The summed E-state index contributed by atoms with van der Waals surface area (Å²) in [6.45, 7) is 4.25. The fraction of sp³-hybridized carbons (Fsp3) is 0.824. The van der Waals surface area contributed by atoms with E-state index in [-0.39, 0.29) is 12.5 Å². The first-order chi connectivity index (χ1) is 27.2. The molecule has 0 rings (SSSR count). The topological polar surface area (TPSA) is 69.6 Å². The van der Waals surface area contributed by atoms with Crippen molar-refractivity contribution < 1.29 is 15.0 Å². The van der Waals surface area contributed by atoms with Gasteiger partial charge in [0.25, 0.3) is 0 Å². The zero-order chi connectivity index (χ0) is 40.0. The Morgan fingerprint density at radius 2 is 0.800 bits per heavy atom. The predicted octanol–water partition coefficient (Wildman–Crippen LogP) is 15.5. The first-order valence-electron chi connectivity index (χ1n) is 24.3. The van der Waals surface area contributed by atoms with E-state index in [1.165, 1.54) is 161 Å². The van der Waals surface area contributed by atoms with Gasteiger partial charge >= 0.3 is 0 Å². The van der Waals surface area contributed by atoms with Gasteiger partial charge in [0.2, 0.25) is 5.91 Å². The Labute approximate surface area is 344 Å². The van der Waals surface area contributed by atoms with E-state index in [4.69, 9.17) is 0 Å². The van der Waals surface area contributed by atoms with E-state index >= 15 is 0 Å². The van der Waals surface area contributed by atoms with Crippen molar-refractivity contribution in [1.82, 2.24) is 5.32 Å². The van der Waals surface area contributed by atoms with Crippen molar-refractivity contribution in [3.05, 3.63) is 48.6 Å². The third-order valence-electron chi connectivity index (χ3n) is 11.1. The molecule has 0 radical (unpaired) electrons. The van der Waals surface area contributed by atoms with E-state index < -0.39 is 12.1 Å². The highest BCUT2D eigenvalue weighted by atomic mass is 16.3. The van der Waals surface area contributed by atoms with Gasteiger partial charge in [-0.1, -0.05) is 242 Å². The van der Waals surface area contributed by atoms with E-state index in [1.807, 2.05) is 0 Å². The van der Waals surface area contributed by atoms with Crippen LogP contribution < -0.4 is 5.32 Å². The molecule has 0 heterocycles. The van der Waals surface area contributed by atoms with Gasteiger partial charge in [-0.2, -0.15) is 0 Å². The molecule has 0 aromatic rings. The number of unbranched alkanes of at least 4 members (excludes halogenated alkanes) is 29. The lowest BCUT2D eigenvalue weighted by Crippen LogP contribution is -2.45. The zero-order valence-corrected chi connectivity index (χ0v) is 36.9. The zero-order valence-electron chi connectivity index (χ0n) is 36.9. The Kier molecular flexibility index (Phi) is 45.3. The minimum Gasteiger partial charge on any atom is -0.394 e. The van der Waals surface area contributed by atoms with Crippen molar-refractivity contribution in [2.45, 2.75) is 264 Å². The predicted molar refractivity (Wildman–Crippen MR) is 244 cm³/mol. The van der Waals surface area contributed by atoms with Crippen molar-refractivity contribution >= 4 is 5.91 Å². The molecular weight excluding hydrogens is 675 g/mol. The second kappa shape index (κ2) is 46.7. The SMILES string of the molecule is CC/C=C\C/C=C\C/C=C\C/C=C\CCCCCCCCC(=O)NC(CO)C(O)CCCCCCCCCCCCCCCCCCCCCCCCCC. The van der Waals surface area contributed by atoms with Crippen LogP contribution in [0, 0.1) is 0 Å². The molecule has 55 heavy (non-hydrogen) atoms. The molecule has 2 atom stereocenters. The number of amides is 1. The second-order valence-electron chi connectivity index (χ2n) is 16.5. The van der Waals surface area contributed by atoms with Crippen molar-refractivity contribution in [3.8, 4) is 0 Å². The molecule has 0 bridgehead atoms. The highest BCUT2D eigenvalue weighted by Crippen LogP contribution is 2.17. The summed E-state index contributed by atoms with van der Waals surface area (Å²) in [7, 11) is 0. The van der Waals surface area contributed by atoms with Gasteiger partial charge < -0.3 is 15.5 Å². The molecule has 3 N–H and O–H groups in total. The van der Waals surface area contributed by atoms with E-state index in [1.54, 1.807) is 0 Å². The molecule has 1 amide bonds. The lowest BCUT2D eigenvalue weighted by Gasteiger charge is -2.22. The van der Waals surface area contributed by atoms with Crippen LogP contribution in [0.15, 0.2) is 48.6 Å². The molecule has 0 aliphatic heterocycles. The Balaban J connectivity index is 3.51. The molecule has 4 heteroatoms. The van der Waals surface area contributed by atoms with Crippen molar-refractivity contribution in [3.63, 3.8) is 0 Å². The maximum absolute atomic E-state index is 12.4. The Morgan fingerprint density at radius 1 is 0.455 bits per heavy atom. The standard InChI is InChI=1S/C51H95NO3/c1-3-5-7-9-11-13-15-17-19-21-23-24-25-26-27-29-30-32-34-36-38-40-42-44-46-50(54)49(48-53)52-51(55)47-45-43-41-39-37-35-33-31-28-22-20-18-16-14-12-10-8-6-4-2/h6,8,12,14,18,20,28,31,49-50,53-54H,3-5,7,9-11,13,15-17,19,21-27,29-30,32-48H2,1-2H3,(H,52,55)/b8-6-,14-12-,20-18-,31-28-. The Bertz CT molecular complexity index is 877. The number of carbonyl (C=O) groups is 1. The minimum atomic E-state index is -0.668. The average Bonchev–Trinajstić information content (AvgIpc) is 3.19. The Hall–Kier alpha value is -1.65. The number of aliphatic hydroxyl groups is 2. The molecule has 0 saturated heterocycles. The molecule has 0 fully saturated rings. The van der Waals surface area contributed by atoms with E-state index in [9.17, 15) is 15.0 Å². The summed E-state index contributed by atoms with van der Waals surface area (Å²) in [5.74, 6) is -0.0444. The van der Waals surface area contributed by atoms with Crippen LogP contribution in [0.4, 0.5) is 0 Å². The summed E-state index contributed by atoms with van der Waals surface area (Å²) in [5, 5.41) is 23.2. The average molecular weight is 770 g/mol. The monoisotopic (exact) mass is 770 g/mol. The fourth-order valence-corrected chi connectivity index (χ4v) is 7.41. The third-order valence-corrected chi connectivity index (χ3v) is 11.1. The van der Waals surface area contributed by atoms with Crippen LogP contribution in [0.25, 0.3) is 0 Å². The van der Waals surface area contributed by atoms with Gasteiger partial charge in [-0.05, 0) is 51.4 Å². The van der Waals surface area contributed by atoms with Crippen LogP contribution in [-0.4, -0.2) is 34.9 Å². The number of hydrogen-bond donors (Lipinski definition) is 3. The van der Waals surface area contributed by atoms with Crippen LogP contribution in [0.5, 0.6) is 0 Å². The number of nitrogens with one attached hydrogen (secondary N) is 1. The first kappa shape index (κ1) is 53.4. The highest BCUT2D eigenvalue weighted by Gasteiger charge is 2.20. The minimum absolute atomic E-state index is 0.0444. The fourth-order valence-electron chi connectivity index (χ4n) is 7.41. The largest absolute Gasteiger partial charge is 0.394 e. The molecule has 0 aliphatic carbocycles. The maximum atomic E-state index is 12.4. The van der Waals surface area contributed by atoms with Crippen LogP contribution in [0.1, 0.15) is 251 Å². The Morgan fingerprint density at radius 3 is 1.20 bits per heavy atom. The summed E-state index contributed by atoms with van der Waals surface area (Å²) in [6.07, 6.45) is 63.5. The molecular formula is C51H95NO3. The molecule has 0 saturated carbocycles. The highest BCUT2D eigenvalue weighted by molar-refractivity contribution is 5.76. The summed E-state index contributed by atoms with van der Waals surface area (Å²) in [6, 6.07) is -0.546. The molecule has 0 spiro atoms. The summed E-state index contributed by atoms with van der Waals surface area (Å²) < 4.78 is 0. The third kappa shape index (κ3) is 43.3. The van der Waals surface area contributed by atoms with E-state index in [2.05, 4.69) is 67.8 Å². The van der Waals surface area contributed by atoms with Gasteiger partial charge in [0.1, 0.15) is 0 Å². The molecule has 2 unspecified atom stereocenters. The van der Waals surface area contributed by atoms with Gasteiger partial charge in [-0.15, -0.1) is 0 Å². The lowest BCUT2D eigenvalue weighted by atomic mass is 10.0. The number of allylic oxidation sites excluding steroid dienone is 8. The summed E-state index contributed by atoms with van der Waals surface area (Å²) >= 11 is 0. The number of aliphatic hydroxyl groups excluding tert-OH is 2. The van der Waals surface area contributed by atoms with Crippen LogP contribution in [-0.2, 0) is 4.79 Å². The summed E-state index contributed by atoms with van der Waals surface area (Å²) in [5.41, 5.74) is 0. The molecule has 0 aromatic heterocycles. The van der Waals surface area contributed by atoms with Gasteiger partial charge in [0.15, 0.2) is 0 Å². The van der Waals surface area contributed by atoms with E-state index in [0.29, 0.717) is 12.8 Å². The number of carbonyl (C=O) groups excluding carboxylic acids is 1. The van der Waals surface area contributed by atoms with Crippen LogP contribution >= 0.6 is 0 Å². The van der Waals surface area contributed by atoms with E-state index in [0.717, 1.165) is 64.2 Å². The molecule has 4 nitrogen and oxygen atoms in total. The van der Waals surface area contributed by atoms with Gasteiger partial charge in [0.05, 0.1) is 18.8 Å². The number of rotatable bonds is 44. The van der Waals surface area contributed by atoms with Crippen LogP contribution in [0.2, 0.25) is 0 Å². The van der Waals surface area contributed by atoms with Gasteiger partial charge in [-0.25, -0.2) is 0 Å². The number of hydrogen-bond acceptors (Lipinski definition) is 3. The van der Waals surface area contributed by atoms with Crippen molar-refractivity contribution in [2.75, 3.05) is 6.61 Å². The quantitative estimate of drug-likeness (QED) is 0.0427. The van der Waals surface area contributed by atoms with Gasteiger partial charge in [0, 0.05) is 6.42 Å². The first-order valence-corrected chi connectivity index (χ1v) is 24.3. The van der Waals surface area contributed by atoms with Crippen LogP contribution in [0.3, 0.4) is 0 Å². The van der Waals surface area contributed by atoms with Crippen molar-refractivity contribution in [2.24, 2.45) is 0 Å². The maximum Gasteiger partial charge on any atom is 0.220 e. The normalized spacial score (nSPS) is 13.3. The smallest absolute Gasteiger partial charge is 0.220 e. The lowest BCUT2D eigenvalue weighted by molar-refractivity contribution is -0.123. The van der Waals surface area contributed by atoms with Gasteiger partial charge in [-0.3, -0.25) is 4.79 Å². The second-order valence-corrected chi connectivity index (χ2v) is 16.5. The molecule has 0 aromatic carbocycles. The molecule has 0 aliphatic rings. The van der Waals surface area contributed by atoms with Crippen molar-refractivity contribution in [1.29, 1.82) is 0 Å². The summed E-state index contributed by atoms with van der Waals surface area (Å²) in [4.78, 5) is 12.4.